The van der Waals surface area contributed by atoms with Gasteiger partial charge in [-0.3, -0.25) is 0 Å². The molecule has 2 heterocycles. The van der Waals surface area contributed by atoms with Crippen LogP contribution in [-0.2, 0) is 16.0 Å². The number of hydrogen-bond acceptors (Lipinski definition) is 5. The largest absolute Gasteiger partial charge is 0.381 e. The number of rotatable bonds is 5. The molecule has 6 heteroatoms. The lowest BCUT2D eigenvalue weighted by atomic mass is 10.2. The summed E-state index contributed by atoms with van der Waals surface area (Å²) >= 11 is 0. The first-order chi connectivity index (χ1) is 8.84. The Morgan fingerprint density at radius 1 is 1.33 bits per heavy atom. The summed E-state index contributed by atoms with van der Waals surface area (Å²) in [5.41, 5.74) is 6.92. The van der Waals surface area contributed by atoms with Crippen LogP contribution in [0.4, 0.5) is 5.82 Å². The van der Waals surface area contributed by atoms with E-state index >= 15 is 0 Å². The van der Waals surface area contributed by atoms with Gasteiger partial charge in [0.05, 0.1) is 18.8 Å². The maximum atomic E-state index is 5.84. The molecule has 1 aliphatic carbocycles. The smallest absolute Gasteiger partial charge is 0.169 e. The van der Waals surface area contributed by atoms with Crippen molar-refractivity contribution < 1.29 is 9.47 Å². The first-order valence-corrected chi connectivity index (χ1v) is 6.76. The molecular formula is C12H20N4O2. The van der Waals surface area contributed by atoms with Crippen LogP contribution in [0.25, 0.3) is 0 Å². The first-order valence-electron chi connectivity index (χ1n) is 6.76. The predicted molar refractivity (Wildman–Crippen MR) is 66.0 cm³/mol. The molecule has 0 bridgehead atoms. The lowest BCUT2D eigenvalue weighted by molar-refractivity contribution is -0.163. The van der Waals surface area contributed by atoms with Gasteiger partial charge in [0, 0.05) is 12.5 Å². The molecule has 1 aromatic heterocycles. The van der Waals surface area contributed by atoms with Gasteiger partial charge >= 0.3 is 0 Å². The van der Waals surface area contributed by atoms with Gasteiger partial charge in [-0.2, -0.15) is 0 Å². The molecule has 1 unspecified atom stereocenters. The molecule has 0 aromatic carbocycles. The lowest BCUT2D eigenvalue weighted by Gasteiger charge is -2.22. The second-order valence-electron chi connectivity index (χ2n) is 5.02. The number of nitrogens with zero attached hydrogens (tertiary/aromatic N) is 3. The zero-order valence-corrected chi connectivity index (χ0v) is 10.5. The van der Waals surface area contributed by atoms with Crippen LogP contribution >= 0.6 is 0 Å². The zero-order valence-electron chi connectivity index (χ0n) is 10.5. The molecule has 2 aliphatic rings. The predicted octanol–water partition coefficient (Wildman–Crippen LogP) is 1.28. The summed E-state index contributed by atoms with van der Waals surface area (Å²) in [6, 6.07) is 0. The molecule has 1 atom stereocenters. The third-order valence-corrected chi connectivity index (χ3v) is 3.51. The van der Waals surface area contributed by atoms with Gasteiger partial charge in [-0.1, -0.05) is 5.21 Å². The minimum Gasteiger partial charge on any atom is -0.381 e. The fourth-order valence-electron chi connectivity index (χ4n) is 2.39. The van der Waals surface area contributed by atoms with Crippen LogP contribution in [0.2, 0.25) is 0 Å². The fourth-order valence-corrected chi connectivity index (χ4v) is 2.39. The highest BCUT2D eigenvalue weighted by Crippen LogP contribution is 2.41. The van der Waals surface area contributed by atoms with Crippen LogP contribution < -0.4 is 5.73 Å². The molecular weight excluding hydrogens is 232 g/mol. The molecule has 2 N–H and O–H groups in total. The van der Waals surface area contributed by atoms with E-state index in [1.165, 1.54) is 19.3 Å². The second kappa shape index (κ2) is 5.24. The SMILES string of the molecule is Nc1nnn(CCOC2CCCCO2)c1C1CC1. The summed E-state index contributed by atoms with van der Waals surface area (Å²) < 4.78 is 13.1. The Balaban J connectivity index is 1.50. The molecule has 1 saturated carbocycles. The van der Waals surface area contributed by atoms with Crippen molar-refractivity contribution in [3.63, 3.8) is 0 Å². The Morgan fingerprint density at radius 2 is 2.22 bits per heavy atom. The van der Waals surface area contributed by atoms with Crippen molar-refractivity contribution >= 4 is 5.82 Å². The van der Waals surface area contributed by atoms with Crippen molar-refractivity contribution in [2.24, 2.45) is 0 Å². The molecule has 0 radical (unpaired) electrons. The molecule has 100 valence electrons. The number of nitrogens with two attached hydrogens (primary N) is 1. The minimum atomic E-state index is -0.0380. The van der Waals surface area contributed by atoms with Gasteiger partial charge in [-0.05, 0) is 32.1 Å². The van der Waals surface area contributed by atoms with Crippen LogP contribution in [0.5, 0.6) is 0 Å². The van der Waals surface area contributed by atoms with Gasteiger partial charge in [0.2, 0.25) is 0 Å². The standard InChI is InChI=1S/C12H20N4O2/c13-12-11(9-4-5-9)16(15-14-12)6-8-18-10-3-1-2-7-17-10/h9-10H,1-8,13H2. The fraction of sp³-hybridized carbons (Fsp3) is 0.833. The topological polar surface area (TPSA) is 75.2 Å². The molecule has 3 rings (SSSR count). The van der Waals surface area contributed by atoms with Gasteiger partial charge < -0.3 is 15.2 Å². The lowest BCUT2D eigenvalue weighted by Crippen LogP contribution is -2.24. The Hall–Kier alpha value is -1.14. The third-order valence-electron chi connectivity index (χ3n) is 3.51. The summed E-state index contributed by atoms with van der Waals surface area (Å²) in [6.07, 6.45) is 5.69. The molecule has 1 aromatic rings. The molecule has 0 spiro atoms. The van der Waals surface area contributed by atoms with E-state index in [-0.39, 0.29) is 6.29 Å². The van der Waals surface area contributed by atoms with E-state index < -0.39 is 0 Å². The van der Waals surface area contributed by atoms with Crippen LogP contribution in [-0.4, -0.2) is 34.5 Å². The van der Waals surface area contributed by atoms with E-state index in [9.17, 15) is 0 Å². The van der Waals surface area contributed by atoms with Crippen LogP contribution in [0, 0.1) is 0 Å². The molecule has 18 heavy (non-hydrogen) atoms. The zero-order chi connectivity index (χ0) is 12.4. The van der Waals surface area contributed by atoms with Crippen molar-refractivity contribution in [1.82, 2.24) is 15.0 Å². The maximum Gasteiger partial charge on any atom is 0.169 e. The van der Waals surface area contributed by atoms with E-state index in [0.29, 0.717) is 24.9 Å². The highest BCUT2D eigenvalue weighted by atomic mass is 16.7. The Bertz CT molecular complexity index is 397. The third kappa shape index (κ3) is 2.64. The van der Waals surface area contributed by atoms with E-state index in [4.69, 9.17) is 15.2 Å². The molecule has 2 fully saturated rings. The van der Waals surface area contributed by atoms with Crippen molar-refractivity contribution in [1.29, 1.82) is 0 Å². The van der Waals surface area contributed by atoms with Crippen molar-refractivity contribution in [3.8, 4) is 0 Å². The van der Waals surface area contributed by atoms with Gasteiger partial charge in [0.15, 0.2) is 12.1 Å². The Kier molecular flexibility index (Phi) is 3.47. The average molecular weight is 252 g/mol. The molecule has 6 nitrogen and oxygen atoms in total. The van der Waals surface area contributed by atoms with Gasteiger partial charge in [-0.25, -0.2) is 4.68 Å². The number of anilines is 1. The van der Waals surface area contributed by atoms with Crippen molar-refractivity contribution in [3.05, 3.63) is 5.69 Å². The second-order valence-corrected chi connectivity index (χ2v) is 5.02. The Morgan fingerprint density at radius 3 is 2.94 bits per heavy atom. The minimum absolute atomic E-state index is 0.0380. The molecule has 1 aliphatic heterocycles. The van der Waals surface area contributed by atoms with Gasteiger partial charge in [-0.15, -0.1) is 5.10 Å². The van der Waals surface area contributed by atoms with Crippen LogP contribution in [0.1, 0.15) is 43.7 Å². The summed E-state index contributed by atoms with van der Waals surface area (Å²) in [4.78, 5) is 0. The Labute approximate surface area is 106 Å². The van der Waals surface area contributed by atoms with Gasteiger partial charge in [0.25, 0.3) is 0 Å². The maximum absolute atomic E-state index is 5.84. The molecule has 0 amide bonds. The summed E-state index contributed by atoms with van der Waals surface area (Å²) in [5, 5.41) is 8.03. The van der Waals surface area contributed by atoms with Crippen molar-refractivity contribution in [2.45, 2.75) is 50.9 Å². The van der Waals surface area contributed by atoms with E-state index in [1.54, 1.807) is 0 Å². The van der Waals surface area contributed by atoms with Crippen molar-refractivity contribution in [2.75, 3.05) is 18.9 Å². The van der Waals surface area contributed by atoms with E-state index in [0.717, 1.165) is 25.1 Å². The first kappa shape index (κ1) is 11.9. The summed E-state index contributed by atoms with van der Waals surface area (Å²) in [6.45, 7) is 2.12. The highest BCUT2D eigenvalue weighted by Gasteiger charge is 2.30. The van der Waals surface area contributed by atoms with Crippen LogP contribution in [0.3, 0.4) is 0 Å². The van der Waals surface area contributed by atoms with E-state index in [1.807, 2.05) is 4.68 Å². The van der Waals surface area contributed by atoms with E-state index in [2.05, 4.69) is 10.3 Å². The highest BCUT2D eigenvalue weighted by molar-refractivity contribution is 5.38. The number of hydrogen-bond donors (Lipinski definition) is 1. The quantitative estimate of drug-likeness (QED) is 0.854. The monoisotopic (exact) mass is 252 g/mol. The summed E-state index contributed by atoms with van der Waals surface area (Å²) in [7, 11) is 0. The normalized spacial score (nSPS) is 24.3. The number of aromatic nitrogens is 3. The summed E-state index contributed by atoms with van der Waals surface area (Å²) in [5.74, 6) is 1.14. The molecule has 1 saturated heterocycles. The number of ether oxygens (including phenoxy) is 2. The van der Waals surface area contributed by atoms with Crippen LogP contribution in [0.15, 0.2) is 0 Å². The average Bonchev–Trinajstić information content (AvgIpc) is 3.16. The number of nitrogen functional groups attached to an aromatic ring is 1. The van der Waals surface area contributed by atoms with Gasteiger partial charge in [0.1, 0.15) is 0 Å².